The Bertz CT molecular complexity index is 176. The van der Waals surface area contributed by atoms with Gasteiger partial charge in [-0.05, 0) is 31.8 Å². The molecule has 0 aromatic heterocycles. The van der Waals surface area contributed by atoms with E-state index in [1.807, 2.05) is 13.8 Å². The average Bonchev–Trinajstić information content (AvgIpc) is 2.07. The minimum absolute atomic E-state index is 0.117. The van der Waals surface area contributed by atoms with Gasteiger partial charge in [-0.3, -0.25) is 4.79 Å². The van der Waals surface area contributed by atoms with Crippen LogP contribution in [-0.2, 0) is 4.79 Å². The predicted molar refractivity (Wildman–Crippen MR) is 58.1 cm³/mol. The van der Waals surface area contributed by atoms with Crippen LogP contribution in [0.25, 0.3) is 0 Å². The first-order chi connectivity index (χ1) is 6.70. The molecule has 0 unspecified atom stereocenters. The minimum atomic E-state index is 0.117. The Morgan fingerprint density at radius 1 is 1.43 bits per heavy atom. The first kappa shape index (κ1) is 11.5. The maximum atomic E-state index is 11.2. The van der Waals surface area contributed by atoms with Crippen LogP contribution in [0.4, 0.5) is 0 Å². The molecular weight excluding hydrogens is 176 g/mol. The largest absolute Gasteiger partial charge is 0.356 e. The molecule has 1 aliphatic rings. The monoisotopic (exact) mass is 198 g/mol. The summed E-state index contributed by atoms with van der Waals surface area (Å²) >= 11 is 0. The molecule has 1 amide bonds. The number of amides is 1. The highest BCUT2D eigenvalue weighted by Crippen LogP contribution is 2.11. The van der Waals surface area contributed by atoms with Crippen LogP contribution >= 0.6 is 0 Å². The molecule has 1 fully saturated rings. The molecule has 0 radical (unpaired) electrons. The van der Waals surface area contributed by atoms with Gasteiger partial charge in [0.2, 0.25) is 5.91 Å². The zero-order valence-electron chi connectivity index (χ0n) is 9.31. The Morgan fingerprint density at radius 3 is 2.64 bits per heavy atom. The van der Waals surface area contributed by atoms with Gasteiger partial charge in [0.15, 0.2) is 0 Å². The van der Waals surface area contributed by atoms with Crippen molar-refractivity contribution in [2.24, 2.45) is 11.8 Å². The van der Waals surface area contributed by atoms with E-state index in [1.54, 1.807) is 0 Å². The fourth-order valence-corrected chi connectivity index (χ4v) is 1.53. The van der Waals surface area contributed by atoms with Crippen LogP contribution in [0.5, 0.6) is 0 Å². The topological polar surface area (TPSA) is 41.1 Å². The van der Waals surface area contributed by atoms with Crippen molar-refractivity contribution in [3.05, 3.63) is 0 Å². The summed E-state index contributed by atoms with van der Waals surface area (Å²) in [7, 11) is 0. The number of hydrogen-bond donors (Lipinski definition) is 2. The number of carbonyl (C=O) groups is 1. The summed E-state index contributed by atoms with van der Waals surface area (Å²) in [5, 5.41) is 6.20. The highest BCUT2D eigenvalue weighted by Gasteiger charge is 2.15. The molecule has 0 aromatic carbocycles. The van der Waals surface area contributed by atoms with Crippen molar-refractivity contribution in [1.82, 2.24) is 10.6 Å². The van der Waals surface area contributed by atoms with Gasteiger partial charge in [0.05, 0.1) is 0 Å². The molecule has 3 nitrogen and oxygen atoms in total. The van der Waals surface area contributed by atoms with Crippen LogP contribution in [0.1, 0.15) is 33.1 Å². The zero-order chi connectivity index (χ0) is 10.4. The van der Waals surface area contributed by atoms with Gasteiger partial charge < -0.3 is 10.6 Å². The van der Waals surface area contributed by atoms with E-state index in [1.165, 1.54) is 25.9 Å². The minimum Gasteiger partial charge on any atom is -0.356 e. The molecule has 14 heavy (non-hydrogen) atoms. The first-order valence-corrected chi connectivity index (χ1v) is 5.68. The van der Waals surface area contributed by atoms with Gasteiger partial charge in [-0.2, -0.15) is 0 Å². The van der Waals surface area contributed by atoms with Crippen LogP contribution < -0.4 is 10.6 Å². The summed E-state index contributed by atoms with van der Waals surface area (Å²) in [4.78, 5) is 11.2. The van der Waals surface area contributed by atoms with E-state index >= 15 is 0 Å². The third-order valence-electron chi connectivity index (χ3n) is 2.73. The SMILES string of the molecule is CC(C)C(=O)NCCCCC1CNC1. The lowest BCUT2D eigenvalue weighted by molar-refractivity contribution is -0.123. The summed E-state index contributed by atoms with van der Waals surface area (Å²) < 4.78 is 0. The van der Waals surface area contributed by atoms with Crippen LogP contribution in [-0.4, -0.2) is 25.5 Å². The highest BCUT2D eigenvalue weighted by atomic mass is 16.1. The smallest absolute Gasteiger partial charge is 0.222 e. The van der Waals surface area contributed by atoms with E-state index in [-0.39, 0.29) is 11.8 Å². The predicted octanol–water partition coefficient (Wildman–Crippen LogP) is 1.15. The summed E-state index contributed by atoms with van der Waals surface area (Å²) in [6.45, 7) is 7.08. The Labute approximate surface area is 86.6 Å². The van der Waals surface area contributed by atoms with Gasteiger partial charge in [-0.25, -0.2) is 0 Å². The maximum Gasteiger partial charge on any atom is 0.222 e. The lowest BCUT2D eigenvalue weighted by Crippen LogP contribution is -2.41. The lowest BCUT2D eigenvalue weighted by atomic mass is 9.96. The van der Waals surface area contributed by atoms with Crippen molar-refractivity contribution in [3.63, 3.8) is 0 Å². The van der Waals surface area contributed by atoms with Crippen molar-refractivity contribution >= 4 is 5.91 Å². The van der Waals surface area contributed by atoms with Crippen LogP contribution in [0, 0.1) is 11.8 Å². The third kappa shape index (κ3) is 4.09. The van der Waals surface area contributed by atoms with Crippen molar-refractivity contribution in [2.75, 3.05) is 19.6 Å². The highest BCUT2D eigenvalue weighted by molar-refractivity contribution is 5.77. The summed E-state index contributed by atoms with van der Waals surface area (Å²) in [6, 6.07) is 0. The number of carbonyl (C=O) groups excluding carboxylic acids is 1. The van der Waals surface area contributed by atoms with Crippen molar-refractivity contribution in [1.29, 1.82) is 0 Å². The second-order valence-corrected chi connectivity index (χ2v) is 4.47. The molecule has 0 saturated carbocycles. The van der Waals surface area contributed by atoms with Crippen LogP contribution in [0.3, 0.4) is 0 Å². The Balaban J connectivity index is 1.86. The number of unbranched alkanes of at least 4 members (excludes halogenated alkanes) is 1. The Kier molecular flexibility index (Phi) is 4.94. The molecule has 3 heteroatoms. The number of nitrogens with one attached hydrogen (secondary N) is 2. The molecule has 0 aromatic rings. The molecule has 82 valence electrons. The van der Waals surface area contributed by atoms with E-state index in [9.17, 15) is 4.79 Å². The van der Waals surface area contributed by atoms with E-state index in [2.05, 4.69) is 10.6 Å². The second kappa shape index (κ2) is 6.02. The van der Waals surface area contributed by atoms with Gasteiger partial charge in [0.1, 0.15) is 0 Å². The first-order valence-electron chi connectivity index (χ1n) is 5.68. The van der Waals surface area contributed by atoms with Gasteiger partial charge in [-0.1, -0.05) is 20.3 Å². The fourth-order valence-electron chi connectivity index (χ4n) is 1.53. The Morgan fingerprint density at radius 2 is 2.14 bits per heavy atom. The van der Waals surface area contributed by atoms with E-state index in [4.69, 9.17) is 0 Å². The fraction of sp³-hybridized carbons (Fsp3) is 0.909. The molecule has 1 heterocycles. The van der Waals surface area contributed by atoms with Crippen molar-refractivity contribution < 1.29 is 4.79 Å². The van der Waals surface area contributed by atoms with Crippen molar-refractivity contribution in [2.45, 2.75) is 33.1 Å². The standard InChI is InChI=1S/C11H22N2O/c1-9(2)11(14)13-6-4-3-5-10-7-12-8-10/h9-10,12H,3-8H2,1-2H3,(H,13,14). The molecule has 1 saturated heterocycles. The average molecular weight is 198 g/mol. The maximum absolute atomic E-state index is 11.2. The Hall–Kier alpha value is -0.570. The van der Waals surface area contributed by atoms with Crippen LogP contribution in [0.15, 0.2) is 0 Å². The van der Waals surface area contributed by atoms with E-state index < -0.39 is 0 Å². The normalized spacial score (nSPS) is 16.8. The molecule has 1 rings (SSSR count). The molecule has 1 aliphatic heterocycles. The van der Waals surface area contributed by atoms with Gasteiger partial charge >= 0.3 is 0 Å². The van der Waals surface area contributed by atoms with E-state index in [0.29, 0.717) is 0 Å². The van der Waals surface area contributed by atoms with Crippen molar-refractivity contribution in [3.8, 4) is 0 Å². The molecule has 0 aliphatic carbocycles. The summed E-state index contributed by atoms with van der Waals surface area (Å²) in [5.41, 5.74) is 0. The lowest BCUT2D eigenvalue weighted by Gasteiger charge is -2.26. The molecular formula is C11H22N2O. The van der Waals surface area contributed by atoms with Gasteiger partial charge in [-0.15, -0.1) is 0 Å². The molecule has 0 atom stereocenters. The summed E-state index contributed by atoms with van der Waals surface area (Å²) in [5.74, 6) is 1.19. The molecule has 2 N–H and O–H groups in total. The second-order valence-electron chi connectivity index (χ2n) is 4.47. The van der Waals surface area contributed by atoms with Crippen LogP contribution in [0.2, 0.25) is 0 Å². The molecule has 0 bridgehead atoms. The summed E-state index contributed by atoms with van der Waals surface area (Å²) in [6.07, 6.45) is 3.67. The van der Waals surface area contributed by atoms with E-state index in [0.717, 1.165) is 18.9 Å². The zero-order valence-corrected chi connectivity index (χ0v) is 9.31. The number of hydrogen-bond acceptors (Lipinski definition) is 2. The third-order valence-corrected chi connectivity index (χ3v) is 2.73. The van der Waals surface area contributed by atoms with Gasteiger partial charge in [0, 0.05) is 12.5 Å². The van der Waals surface area contributed by atoms with Gasteiger partial charge in [0.25, 0.3) is 0 Å². The quantitative estimate of drug-likeness (QED) is 0.629. The molecule has 0 spiro atoms. The number of rotatable bonds is 6.